The minimum atomic E-state index is 0.0896. The Labute approximate surface area is 135 Å². The number of hydrogen-bond acceptors (Lipinski definition) is 3. The van der Waals surface area contributed by atoms with Crippen molar-refractivity contribution in [3.8, 4) is 0 Å². The highest BCUT2D eigenvalue weighted by molar-refractivity contribution is 5.78. The molecule has 22 heavy (non-hydrogen) atoms. The van der Waals surface area contributed by atoms with E-state index in [0.29, 0.717) is 5.78 Å². The number of carbonyl (C=O) groups excluding carboxylic acids is 1. The van der Waals surface area contributed by atoms with E-state index in [0.717, 1.165) is 63.1 Å². The first-order valence-corrected chi connectivity index (χ1v) is 9.54. The Kier molecular flexibility index (Phi) is 6.31. The van der Waals surface area contributed by atoms with Gasteiger partial charge in [-0.2, -0.15) is 0 Å². The molecule has 3 aliphatic rings. The molecule has 0 radical (unpaired) electrons. The third kappa shape index (κ3) is 5.06. The number of ether oxygens (including phenoxy) is 2. The van der Waals surface area contributed by atoms with Crippen LogP contribution in [0.25, 0.3) is 0 Å². The highest BCUT2D eigenvalue weighted by atomic mass is 16.7. The van der Waals surface area contributed by atoms with Crippen molar-refractivity contribution in [2.45, 2.75) is 83.3 Å². The van der Waals surface area contributed by atoms with Gasteiger partial charge in [-0.25, -0.2) is 0 Å². The van der Waals surface area contributed by atoms with Crippen molar-refractivity contribution in [1.29, 1.82) is 0 Å². The fourth-order valence-corrected chi connectivity index (χ4v) is 4.51. The zero-order valence-corrected chi connectivity index (χ0v) is 13.9. The van der Waals surface area contributed by atoms with Crippen molar-refractivity contribution in [2.75, 3.05) is 13.2 Å². The van der Waals surface area contributed by atoms with Crippen LogP contribution in [0.1, 0.15) is 77.0 Å². The molecule has 3 fully saturated rings. The van der Waals surface area contributed by atoms with Gasteiger partial charge in [0.15, 0.2) is 6.29 Å². The molecule has 0 spiro atoms. The van der Waals surface area contributed by atoms with E-state index in [1.165, 1.54) is 44.9 Å². The van der Waals surface area contributed by atoms with Gasteiger partial charge in [-0.15, -0.1) is 0 Å². The fourth-order valence-electron chi connectivity index (χ4n) is 4.51. The van der Waals surface area contributed by atoms with E-state index in [9.17, 15) is 4.79 Å². The Morgan fingerprint density at radius 3 is 1.68 bits per heavy atom. The number of hydrogen-bond donors (Lipinski definition) is 0. The predicted octanol–water partition coefficient (Wildman–Crippen LogP) is 4.49. The summed E-state index contributed by atoms with van der Waals surface area (Å²) in [5, 5.41) is 0. The molecule has 1 saturated heterocycles. The molecule has 0 aromatic rings. The van der Waals surface area contributed by atoms with E-state index in [1.807, 2.05) is 0 Å². The molecular formula is C19H32O3. The lowest BCUT2D eigenvalue weighted by atomic mass is 9.76. The smallest absolute Gasteiger partial charge is 0.157 e. The number of Topliss-reactive ketones (excluding diaryl/α,β-unsaturated/α-hetero) is 1. The Morgan fingerprint density at radius 1 is 0.682 bits per heavy atom. The molecule has 0 bridgehead atoms. The highest BCUT2D eigenvalue weighted by Crippen LogP contribution is 2.36. The summed E-state index contributed by atoms with van der Waals surface area (Å²) in [6, 6.07) is 0. The lowest BCUT2D eigenvalue weighted by molar-refractivity contribution is -0.121. The molecule has 0 N–H and O–H groups in total. The third-order valence-electron chi connectivity index (χ3n) is 6.11. The predicted molar refractivity (Wildman–Crippen MR) is 86.6 cm³/mol. The van der Waals surface area contributed by atoms with Crippen LogP contribution in [0, 0.1) is 17.8 Å². The van der Waals surface area contributed by atoms with Crippen molar-refractivity contribution in [1.82, 2.24) is 0 Å². The van der Waals surface area contributed by atoms with Gasteiger partial charge in [0.25, 0.3) is 0 Å². The molecule has 0 atom stereocenters. The van der Waals surface area contributed by atoms with Gasteiger partial charge in [-0.1, -0.05) is 38.5 Å². The zero-order chi connectivity index (χ0) is 15.2. The van der Waals surface area contributed by atoms with E-state index >= 15 is 0 Å². The summed E-state index contributed by atoms with van der Waals surface area (Å²) in [4.78, 5) is 11.3. The second-order valence-electron chi connectivity index (χ2n) is 7.69. The topological polar surface area (TPSA) is 35.5 Å². The molecule has 3 heteroatoms. The summed E-state index contributed by atoms with van der Waals surface area (Å²) in [6.45, 7) is 1.56. The van der Waals surface area contributed by atoms with Crippen molar-refractivity contribution >= 4 is 5.78 Å². The van der Waals surface area contributed by atoms with Crippen LogP contribution in [0.2, 0.25) is 0 Å². The summed E-state index contributed by atoms with van der Waals surface area (Å²) in [6.07, 6.45) is 14.9. The van der Waals surface area contributed by atoms with E-state index < -0.39 is 0 Å². The van der Waals surface area contributed by atoms with E-state index in [-0.39, 0.29) is 6.29 Å². The number of ketones is 1. The van der Waals surface area contributed by atoms with Crippen LogP contribution in [0.3, 0.4) is 0 Å². The van der Waals surface area contributed by atoms with Gasteiger partial charge in [0.2, 0.25) is 0 Å². The molecule has 0 unspecified atom stereocenters. The molecule has 0 aromatic heterocycles. The molecule has 3 rings (SSSR count). The quantitative estimate of drug-likeness (QED) is 0.725. The van der Waals surface area contributed by atoms with Crippen LogP contribution in [0.5, 0.6) is 0 Å². The first-order valence-electron chi connectivity index (χ1n) is 9.54. The van der Waals surface area contributed by atoms with Gasteiger partial charge >= 0.3 is 0 Å². The monoisotopic (exact) mass is 308 g/mol. The maximum atomic E-state index is 11.3. The zero-order valence-electron chi connectivity index (χ0n) is 13.9. The summed E-state index contributed by atoms with van der Waals surface area (Å²) in [5.74, 6) is 3.18. The van der Waals surface area contributed by atoms with Crippen molar-refractivity contribution in [3.63, 3.8) is 0 Å². The van der Waals surface area contributed by atoms with Crippen LogP contribution >= 0.6 is 0 Å². The van der Waals surface area contributed by atoms with Crippen LogP contribution < -0.4 is 0 Å². The first kappa shape index (κ1) is 16.4. The minimum absolute atomic E-state index is 0.0896. The molecule has 1 heterocycles. The molecule has 0 aromatic carbocycles. The molecule has 126 valence electrons. The third-order valence-corrected chi connectivity index (χ3v) is 6.11. The highest BCUT2D eigenvalue weighted by Gasteiger charge is 2.25. The number of rotatable bonds is 6. The van der Waals surface area contributed by atoms with Crippen molar-refractivity contribution in [2.24, 2.45) is 17.8 Å². The van der Waals surface area contributed by atoms with Gasteiger partial charge in [0.05, 0.1) is 13.2 Å². The largest absolute Gasteiger partial charge is 0.350 e. The molecule has 2 aliphatic carbocycles. The van der Waals surface area contributed by atoms with E-state index in [1.54, 1.807) is 0 Å². The Bertz CT molecular complexity index is 331. The van der Waals surface area contributed by atoms with E-state index in [2.05, 4.69) is 0 Å². The van der Waals surface area contributed by atoms with Crippen molar-refractivity contribution < 1.29 is 14.3 Å². The lowest BCUT2D eigenvalue weighted by Crippen LogP contribution is -2.19. The van der Waals surface area contributed by atoms with Gasteiger partial charge in [-0.05, 0) is 43.4 Å². The second kappa shape index (κ2) is 8.44. The summed E-state index contributed by atoms with van der Waals surface area (Å²) >= 11 is 0. The number of carbonyl (C=O) groups is 1. The molecule has 2 saturated carbocycles. The van der Waals surface area contributed by atoms with Crippen molar-refractivity contribution in [3.05, 3.63) is 0 Å². The maximum Gasteiger partial charge on any atom is 0.157 e. The fraction of sp³-hybridized carbons (Fsp3) is 0.947. The molecule has 0 amide bonds. The second-order valence-corrected chi connectivity index (χ2v) is 7.69. The minimum Gasteiger partial charge on any atom is -0.350 e. The summed E-state index contributed by atoms with van der Waals surface area (Å²) in [5.41, 5.74) is 0. The standard InChI is InChI=1S/C19H32O3/c20-18-10-7-17(8-11-18)6-3-15-1-4-16(5-2-15)9-12-19-21-13-14-22-19/h15-17,19H,1-14H2. The lowest BCUT2D eigenvalue weighted by Gasteiger charge is -2.30. The van der Waals surface area contributed by atoms with Crippen LogP contribution in [-0.2, 0) is 14.3 Å². The normalized spacial score (nSPS) is 31.7. The SMILES string of the molecule is O=C1CCC(CCC2CCC(CCC3OCCO3)CC2)CC1. The average Bonchev–Trinajstić information content (AvgIpc) is 3.07. The Morgan fingerprint density at radius 2 is 1.14 bits per heavy atom. The molecular weight excluding hydrogens is 276 g/mol. The van der Waals surface area contributed by atoms with Gasteiger partial charge in [0.1, 0.15) is 5.78 Å². The van der Waals surface area contributed by atoms with Crippen LogP contribution in [0.4, 0.5) is 0 Å². The van der Waals surface area contributed by atoms with Gasteiger partial charge in [-0.3, -0.25) is 4.79 Å². The maximum absolute atomic E-state index is 11.3. The summed E-state index contributed by atoms with van der Waals surface area (Å²) < 4.78 is 11.1. The van der Waals surface area contributed by atoms with Crippen LogP contribution in [-0.4, -0.2) is 25.3 Å². The van der Waals surface area contributed by atoms with Crippen LogP contribution in [0.15, 0.2) is 0 Å². The Balaban J connectivity index is 1.26. The van der Waals surface area contributed by atoms with Gasteiger partial charge < -0.3 is 9.47 Å². The van der Waals surface area contributed by atoms with E-state index in [4.69, 9.17) is 9.47 Å². The molecule has 1 aliphatic heterocycles. The summed E-state index contributed by atoms with van der Waals surface area (Å²) in [7, 11) is 0. The van der Waals surface area contributed by atoms with Gasteiger partial charge in [0, 0.05) is 12.8 Å². The average molecular weight is 308 g/mol. The first-order chi connectivity index (χ1) is 10.8. The Hall–Kier alpha value is -0.410. The molecule has 3 nitrogen and oxygen atoms in total.